The van der Waals surface area contributed by atoms with Crippen molar-refractivity contribution >= 4 is 29.0 Å². The maximum atomic E-state index is 13.4. The number of nitrogens with one attached hydrogen (secondary N) is 2. The third kappa shape index (κ3) is 6.66. The highest BCUT2D eigenvalue weighted by Crippen LogP contribution is 2.39. The van der Waals surface area contributed by atoms with Gasteiger partial charge in [-0.05, 0) is 24.3 Å². The van der Waals surface area contributed by atoms with Crippen LogP contribution in [0.25, 0.3) is 11.2 Å². The SMILES string of the molecule is C=CCn1c(=O)n([C@@H]2O[C@H](CO)[C@H]3OC(COCCOCCOC(=O)c4ccc(C(=O)NN)cc4)O[C@H]32)c2nc(N)[nH]c(=O)c21. The van der Waals surface area contributed by atoms with E-state index in [1.807, 2.05) is 5.43 Å². The number of rotatable bonds is 14. The molecule has 1 aromatic carbocycles. The molecule has 1 unspecified atom stereocenters. The Morgan fingerprint density at radius 1 is 1.07 bits per heavy atom. The summed E-state index contributed by atoms with van der Waals surface area (Å²) in [6.07, 6.45) is -2.87. The second-order valence-electron chi connectivity index (χ2n) is 9.93. The average Bonchev–Trinajstić information content (AvgIpc) is 3.68. The molecular formula is C27H33N7O11. The van der Waals surface area contributed by atoms with Gasteiger partial charge in [-0.15, -0.1) is 6.58 Å². The lowest BCUT2D eigenvalue weighted by atomic mass is 10.1. The lowest BCUT2D eigenvalue weighted by Gasteiger charge is -2.20. The molecule has 7 N–H and O–H groups in total. The Hall–Kier alpha value is -4.43. The number of hydrogen-bond acceptors (Lipinski definition) is 14. The van der Waals surface area contributed by atoms with E-state index < -0.39 is 60.6 Å². The van der Waals surface area contributed by atoms with Gasteiger partial charge in [0.2, 0.25) is 5.95 Å². The van der Waals surface area contributed by atoms with Crippen molar-refractivity contribution in [2.24, 2.45) is 5.84 Å². The number of nitrogens with two attached hydrogens (primary N) is 2. The van der Waals surface area contributed by atoms with Crippen molar-refractivity contribution in [2.45, 2.75) is 37.4 Å². The summed E-state index contributed by atoms with van der Waals surface area (Å²) in [7, 11) is 0. The maximum Gasteiger partial charge on any atom is 0.338 e. The van der Waals surface area contributed by atoms with Crippen molar-refractivity contribution in [3.05, 3.63) is 68.9 Å². The van der Waals surface area contributed by atoms with Crippen LogP contribution in [0.5, 0.6) is 0 Å². The number of nitrogen functional groups attached to an aromatic ring is 2. The third-order valence-corrected chi connectivity index (χ3v) is 7.08. The van der Waals surface area contributed by atoms with Gasteiger partial charge in [0.1, 0.15) is 24.9 Å². The highest BCUT2D eigenvalue weighted by Gasteiger charge is 2.54. The summed E-state index contributed by atoms with van der Waals surface area (Å²) in [5, 5.41) is 9.93. The number of amides is 1. The van der Waals surface area contributed by atoms with Gasteiger partial charge in [0.05, 0.1) is 38.6 Å². The maximum absolute atomic E-state index is 13.4. The normalized spacial score (nSPS) is 22.4. The van der Waals surface area contributed by atoms with E-state index in [2.05, 4.69) is 16.5 Å². The van der Waals surface area contributed by atoms with Crippen molar-refractivity contribution in [3.8, 4) is 0 Å². The number of benzene rings is 1. The van der Waals surface area contributed by atoms with Crippen LogP contribution in [0.2, 0.25) is 0 Å². The summed E-state index contributed by atoms with van der Waals surface area (Å²) >= 11 is 0. The molecule has 0 saturated carbocycles. The fourth-order valence-electron chi connectivity index (χ4n) is 5.08. The molecule has 18 heteroatoms. The number of aromatic nitrogens is 4. The minimum absolute atomic E-state index is 0.000959. The second kappa shape index (κ2) is 14.1. The first-order valence-electron chi connectivity index (χ1n) is 13.9. The van der Waals surface area contributed by atoms with E-state index in [0.29, 0.717) is 5.56 Å². The Morgan fingerprint density at radius 2 is 1.76 bits per heavy atom. The van der Waals surface area contributed by atoms with Crippen LogP contribution < -0.4 is 28.3 Å². The van der Waals surface area contributed by atoms with Gasteiger partial charge < -0.3 is 39.3 Å². The zero-order chi connectivity index (χ0) is 32.1. The number of hydrazine groups is 1. The van der Waals surface area contributed by atoms with Gasteiger partial charge in [0.25, 0.3) is 11.5 Å². The van der Waals surface area contributed by atoms with Crippen LogP contribution in [0.4, 0.5) is 5.95 Å². The Kier molecular flexibility index (Phi) is 10.0. The molecule has 2 aliphatic rings. The van der Waals surface area contributed by atoms with E-state index >= 15 is 0 Å². The van der Waals surface area contributed by atoms with Crippen LogP contribution in [0.1, 0.15) is 26.9 Å². The van der Waals surface area contributed by atoms with Crippen LogP contribution in [-0.4, -0.2) is 100 Å². The molecule has 0 radical (unpaired) electrons. The molecule has 5 rings (SSSR count). The number of hydrogen-bond donors (Lipinski definition) is 5. The second-order valence-corrected chi connectivity index (χ2v) is 9.93. The average molecular weight is 632 g/mol. The number of allylic oxidation sites excluding steroid dienone is 1. The minimum Gasteiger partial charge on any atom is -0.460 e. The molecule has 18 nitrogen and oxygen atoms in total. The lowest BCUT2D eigenvalue weighted by molar-refractivity contribution is -0.172. The number of nitrogens with zero attached hydrogens (tertiary/aromatic N) is 3. The highest BCUT2D eigenvalue weighted by atomic mass is 16.8. The summed E-state index contributed by atoms with van der Waals surface area (Å²) in [6, 6.07) is 5.81. The molecule has 45 heavy (non-hydrogen) atoms. The van der Waals surface area contributed by atoms with Crippen molar-refractivity contribution in [1.29, 1.82) is 0 Å². The smallest absolute Gasteiger partial charge is 0.338 e. The quantitative estimate of drug-likeness (QED) is 0.0327. The summed E-state index contributed by atoms with van der Waals surface area (Å²) in [5.74, 6) is 3.84. The minimum atomic E-state index is -1.08. The van der Waals surface area contributed by atoms with E-state index in [0.717, 1.165) is 0 Å². The first-order chi connectivity index (χ1) is 21.8. The molecule has 4 heterocycles. The number of aliphatic hydroxyl groups is 1. The highest BCUT2D eigenvalue weighted by molar-refractivity contribution is 5.95. The molecule has 0 bridgehead atoms. The molecule has 2 aromatic heterocycles. The molecule has 0 spiro atoms. The Morgan fingerprint density at radius 3 is 2.47 bits per heavy atom. The van der Waals surface area contributed by atoms with Crippen molar-refractivity contribution in [1.82, 2.24) is 24.5 Å². The summed E-state index contributed by atoms with van der Waals surface area (Å²) in [4.78, 5) is 56.2. The molecular weight excluding hydrogens is 598 g/mol. The van der Waals surface area contributed by atoms with Crippen LogP contribution >= 0.6 is 0 Å². The van der Waals surface area contributed by atoms with Crippen molar-refractivity contribution < 1.29 is 43.1 Å². The number of fused-ring (bicyclic) bond motifs is 2. The number of imidazole rings is 1. The fourth-order valence-corrected chi connectivity index (χ4v) is 5.08. The molecule has 0 aliphatic carbocycles. The van der Waals surface area contributed by atoms with E-state index in [4.69, 9.17) is 40.0 Å². The number of ether oxygens (including phenoxy) is 6. The monoisotopic (exact) mass is 631 g/mol. The standard InChI is InChI=1S/C27H33N7O11/c1-2-7-33-18-21(30-26(28)31-23(18)37)34(27(33)39)24-20-19(16(12-35)43-24)44-17(45-20)13-41-9-8-40-10-11-42-25(38)15-5-3-14(4-6-15)22(36)32-29/h2-6,16-17,19-20,24,35H,1,7-13,29H2,(H,32,36)(H3,28,30,31,37)/t16-,17?,19-,20-,24-/m1/s1. The largest absolute Gasteiger partial charge is 0.460 e. The van der Waals surface area contributed by atoms with Gasteiger partial charge in [0, 0.05) is 12.1 Å². The van der Waals surface area contributed by atoms with Crippen LogP contribution in [0.15, 0.2) is 46.5 Å². The van der Waals surface area contributed by atoms with Gasteiger partial charge in [-0.1, -0.05) is 6.08 Å². The first-order valence-corrected chi connectivity index (χ1v) is 13.9. The molecule has 5 atom stereocenters. The van der Waals surface area contributed by atoms with E-state index in [9.17, 15) is 24.3 Å². The summed E-state index contributed by atoms with van der Waals surface area (Å²) < 4.78 is 36.4. The number of anilines is 1. The third-order valence-electron chi connectivity index (χ3n) is 7.08. The summed E-state index contributed by atoms with van der Waals surface area (Å²) in [5.41, 5.74) is 7.11. The Bertz CT molecular complexity index is 1650. The molecule has 242 valence electrons. The van der Waals surface area contributed by atoms with Gasteiger partial charge in [0.15, 0.2) is 23.7 Å². The molecule has 1 amide bonds. The zero-order valence-corrected chi connectivity index (χ0v) is 24.0. The number of carbonyl (C=O) groups excluding carboxylic acids is 2. The zero-order valence-electron chi connectivity index (χ0n) is 24.0. The molecule has 3 aromatic rings. The number of esters is 1. The van der Waals surface area contributed by atoms with E-state index in [1.54, 1.807) is 0 Å². The fraction of sp³-hybridized carbons (Fsp3) is 0.444. The van der Waals surface area contributed by atoms with Crippen LogP contribution in [0, 0.1) is 0 Å². The van der Waals surface area contributed by atoms with Crippen LogP contribution in [-0.2, 0) is 35.0 Å². The van der Waals surface area contributed by atoms with Gasteiger partial charge in [-0.25, -0.2) is 20.0 Å². The topological polar surface area (TPSA) is 246 Å². The van der Waals surface area contributed by atoms with Gasteiger partial charge in [-0.2, -0.15) is 4.98 Å². The number of H-pyrrole nitrogens is 1. The van der Waals surface area contributed by atoms with Crippen LogP contribution in [0.3, 0.4) is 0 Å². The number of carbonyl (C=O) groups is 2. The van der Waals surface area contributed by atoms with Gasteiger partial charge >= 0.3 is 11.7 Å². The first kappa shape index (κ1) is 32.0. The number of aromatic amines is 1. The predicted octanol–water partition coefficient (Wildman–Crippen LogP) is -1.85. The predicted molar refractivity (Wildman–Crippen MR) is 154 cm³/mol. The van der Waals surface area contributed by atoms with Crippen molar-refractivity contribution in [3.63, 3.8) is 0 Å². The Balaban J connectivity index is 1.10. The van der Waals surface area contributed by atoms with E-state index in [-0.39, 0.29) is 62.3 Å². The molecule has 2 saturated heterocycles. The van der Waals surface area contributed by atoms with Gasteiger partial charge in [-0.3, -0.25) is 24.6 Å². The number of aliphatic hydroxyl groups excluding tert-OH is 1. The van der Waals surface area contributed by atoms with Crippen molar-refractivity contribution in [2.75, 3.05) is 45.4 Å². The Labute approximate surface area is 254 Å². The van der Waals surface area contributed by atoms with E-state index in [1.165, 1.54) is 39.5 Å². The lowest BCUT2D eigenvalue weighted by Crippen LogP contribution is -2.34. The molecule has 2 fully saturated rings. The molecule has 2 aliphatic heterocycles. The summed E-state index contributed by atoms with van der Waals surface area (Å²) in [6.45, 7) is 3.74.